The first-order valence-corrected chi connectivity index (χ1v) is 6.45. The van der Waals surface area contributed by atoms with E-state index in [0.29, 0.717) is 11.8 Å². The number of rotatable bonds is 5. The van der Waals surface area contributed by atoms with Gasteiger partial charge in [-0.2, -0.15) is 0 Å². The van der Waals surface area contributed by atoms with E-state index in [1.165, 1.54) is 16.7 Å². The normalized spacial score (nSPS) is 12.2. The molecule has 0 saturated carbocycles. The summed E-state index contributed by atoms with van der Waals surface area (Å²) in [6.07, 6.45) is 5.06. The van der Waals surface area contributed by atoms with Crippen molar-refractivity contribution in [3.05, 3.63) is 59.7 Å². The first-order valence-electron chi connectivity index (χ1n) is 6.45. The summed E-state index contributed by atoms with van der Waals surface area (Å²) in [6, 6.07) is 8.97. The molecule has 92 valence electrons. The van der Waals surface area contributed by atoms with Gasteiger partial charge >= 0.3 is 0 Å². The zero-order valence-corrected chi connectivity index (χ0v) is 11.5. The third-order valence-electron chi connectivity index (χ3n) is 3.13. The summed E-state index contributed by atoms with van der Waals surface area (Å²) in [4.78, 5) is 0. The molecule has 0 aliphatic carbocycles. The minimum atomic E-state index is 0.581. The molecule has 0 amide bonds. The van der Waals surface area contributed by atoms with Crippen molar-refractivity contribution in [2.75, 3.05) is 0 Å². The fraction of sp³-hybridized carbons (Fsp3) is 0.412. The summed E-state index contributed by atoms with van der Waals surface area (Å²) in [6.45, 7) is 12.7. The topological polar surface area (TPSA) is 0 Å². The maximum atomic E-state index is 3.79. The van der Waals surface area contributed by atoms with Gasteiger partial charge in [0.2, 0.25) is 0 Å². The van der Waals surface area contributed by atoms with Crippen LogP contribution < -0.4 is 0 Å². The molecule has 0 bridgehead atoms. The Balaban J connectivity index is 2.80. The summed E-state index contributed by atoms with van der Waals surface area (Å²) < 4.78 is 0. The van der Waals surface area contributed by atoms with E-state index in [4.69, 9.17) is 0 Å². The fourth-order valence-electron chi connectivity index (χ4n) is 1.86. The van der Waals surface area contributed by atoms with Gasteiger partial charge in [-0.25, -0.2) is 0 Å². The van der Waals surface area contributed by atoms with Crippen molar-refractivity contribution in [3.63, 3.8) is 0 Å². The van der Waals surface area contributed by atoms with Gasteiger partial charge in [-0.1, -0.05) is 76.3 Å². The highest BCUT2D eigenvalue weighted by molar-refractivity contribution is 5.29. The summed E-state index contributed by atoms with van der Waals surface area (Å²) in [5.74, 6) is 1.19. The van der Waals surface area contributed by atoms with E-state index in [1.54, 1.807) is 0 Å². The minimum absolute atomic E-state index is 0.581. The van der Waals surface area contributed by atoms with E-state index in [2.05, 4.69) is 64.6 Å². The number of hydrogen-bond acceptors (Lipinski definition) is 0. The first kappa shape index (κ1) is 13.8. The van der Waals surface area contributed by atoms with Crippen LogP contribution in [0.25, 0.3) is 0 Å². The quantitative estimate of drug-likeness (QED) is 0.613. The highest BCUT2D eigenvalue weighted by Gasteiger charge is 2.04. The Morgan fingerprint density at radius 1 is 1.12 bits per heavy atom. The molecule has 1 aromatic carbocycles. The Morgan fingerprint density at radius 3 is 2.12 bits per heavy atom. The number of hydrogen-bond donors (Lipinski definition) is 0. The zero-order chi connectivity index (χ0) is 12.8. The molecule has 0 N–H and O–H groups in total. The van der Waals surface area contributed by atoms with Crippen LogP contribution in [0.3, 0.4) is 0 Å². The Bertz CT molecular complexity index is 377. The van der Waals surface area contributed by atoms with Crippen molar-refractivity contribution in [1.82, 2.24) is 0 Å². The van der Waals surface area contributed by atoms with Gasteiger partial charge in [0, 0.05) is 0 Å². The van der Waals surface area contributed by atoms with Crippen molar-refractivity contribution in [2.24, 2.45) is 5.92 Å². The van der Waals surface area contributed by atoms with Gasteiger partial charge in [-0.05, 0) is 29.4 Å². The molecule has 1 rings (SSSR count). The van der Waals surface area contributed by atoms with Crippen molar-refractivity contribution in [1.29, 1.82) is 0 Å². The lowest BCUT2D eigenvalue weighted by Crippen LogP contribution is -1.99. The summed E-state index contributed by atoms with van der Waals surface area (Å²) in [7, 11) is 0. The van der Waals surface area contributed by atoms with E-state index < -0.39 is 0 Å². The van der Waals surface area contributed by atoms with Crippen molar-refractivity contribution in [2.45, 2.75) is 40.0 Å². The Labute approximate surface area is 106 Å². The second-order valence-corrected chi connectivity index (χ2v) is 5.21. The second kappa shape index (κ2) is 6.44. The van der Waals surface area contributed by atoms with Gasteiger partial charge in [0.25, 0.3) is 0 Å². The van der Waals surface area contributed by atoms with Gasteiger partial charge in [0.05, 0.1) is 0 Å². The van der Waals surface area contributed by atoms with Gasteiger partial charge in [-0.15, -0.1) is 0 Å². The molecule has 0 aliphatic heterocycles. The molecule has 0 heteroatoms. The maximum Gasteiger partial charge on any atom is -0.00614 e. The van der Waals surface area contributed by atoms with Crippen LogP contribution in [0.5, 0.6) is 0 Å². The maximum absolute atomic E-state index is 3.79. The van der Waals surface area contributed by atoms with Gasteiger partial charge in [0.15, 0.2) is 0 Å². The first-order chi connectivity index (χ1) is 8.04. The molecule has 0 fully saturated rings. The Hall–Kier alpha value is -1.30. The highest BCUT2D eigenvalue weighted by Crippen LogP contribution is 2.19. The molecular weight excluding hydrogens is 204 g/mol. The van der Waals surface area contributed by atoms with Crippen LogP contribution in [-0.4, -0.2) is 0 Å². The van der Waals surface area contributed by atoms with Crippen LogP contribution in [0.4, 0.5) is 0 Å². The molecule has 0 saturated heterocycles. The van der Waals surface area contributed by atoms with Crippen LogP contribution >= 0.6 is 0 Å². The molecule has 0 nitrogen and oxygen atoms in total. The third-order valence-corrected chi connectivity index (χ3v) is 3.13. The van der Waals surface area contributed by atoms with E-state index in [0.717, 1.165) is 6.42 Å². The molecular formula is C17H24. The minimum Gasteiger partial charge on any atom is -0.0991 e. The van der Waals surface area contributed by atoms with Crippen LogP contribution in [0.15, 0.2) is 48.6 Å². The van der Waals surface area contributed by atoms with Crippen LogP contribution in [0, 0.1) is 5.92 Å². The van der Waals surface area contributed by atoms with Gasteiger partial charge in [0.1, 0.15) is 0 Å². The summed E-state index contributed by atoms with van der Waals surface area (Å²) in [5, 5.41) is 0. The van der Waals surface area contributed by atoms with Crippen LogP contribution in [-0.2, 0) is 6.42 Å². The average Bonchev–Trinajstić information content (AvgIpc) is 2.29. The third kappa shape index (κ3) is 4.22. The summed E-state index contributed by atoms with van der Waals surface area (Å²) >= 11 is 0. The number of allylic oxidation sites excluding steroid dienone is 3. The van der Waals surface area contributed by atoms with Crippen molar-refractivity contribution < 1.29 is 0 Å². The standard InChI is InChI=1S/C17H24/c1-6-7-17(14(4)5)12-15-8-10-16(11-9-15)13(2)3/h6-11,13-14H,1,12H2,2-5H3/b17-7-. The monoisotopic (exact) mass is 228 g/mol. The van der Waals surface area contributed by atoms with Crippen LogP contribution in [0.2, 0.25) is 0 Å². The predicted octanol–water partition coefficient (Wildman–Crippen LogP) is 5.12. The Morgan fingerprint density at radius 2 is 1.71 bits per heavy atom. The molecule has 0 aromatic heterocycles. The van der Waals surface area contributed by atoms with Crippen molar-refractivity contribution >= 4 is 0 Å². The predicted molar refractivity (Wildman–Crippen MR) is 77.4 cm³/mol. The average molecular weight is 228 g/mol. The largest absolute Gasteiger partial charge is 0.0991 e. The molecule has 0 aliphatic rings. The SMILES string of the molecule is C=C/C=C(/Cc1ccc(C(C)C)cc1)C(C)C. The lowest BCUT2D eigenvalue weighted by atomic mass is 9.94. The lowest BCUT2D eigenvalue weighted by molar-refractivity contribution is 0.740. The lowest BCUT2D eigenvalue weighted by Gasteiger charge is -2.12. The van der Waals surface area contributed by atoms with Gasteiger partial charge in [-0.3, -0.25) is 0 Å². The molecule has 0 unspecified atom stereocenters. The van der Waals surface area contributed by atoms with E-state index in [9.17, 15) is 0 Å². The number of benzene rings is 1. The van der Waals surface area contributed by atoms with E-state index >= 15 is 0 Å². The Kier molecular flexibility index (Phi) is 5.21. The molecule has 17 heavy (non-hydrogen) atoms. The molecule has 0 heterocycles. The fourth-order valence-corrected chi connectivity index (χ4v) is 1.86. The molecule has 0 radical (unpaired) electrons. The molecule has 1 aromatic rings. The van der Waals surface area contributed by atoms with E-state index in [-0.39, 0.29) is 0 Å². The molecule has 0 atom stereocenters. The van der Waals surface area contributed by atoms with Gasteiger partial charge < -0.3 is 0 Å². The van der Waals surface area contributed by atoms with Crippen LogP contribution in [0.1, 0.15) is 44.7 Å². The zero-order valence-electron chi connectivity index (χ0n) is 11.5. The summed E-state index contributed by atoms with van der Waals surface area (Å²) in [5.41, 5.74) is 4.24. The second-order valence-electron chi connectivity index (χ2n) is 5.21. The smallest absolute Gasteiger partial charge is 0.00614 e. The van der Waals surface area contributed by atoms with E-state index in [1.807, 2.05) is 6.08 Å². The highest BCUT2D eigenvalue weighted by atomic mass is 14.1. The molecule has 0 spiro atoms. The van der Waals surface area contributed by atoms with Crippen molar-refractivity contribution in [3.8, 4) is 0 Å².